The van der Waals surface area contributed by atoms with Gasteiger partial charge in [0, 0.05) is 14.1 Å². The topological polar surface area (TPSA) is 69.9 Å². The molecule has 1 atom stereocenters. The van der Waals surface area contributed by atoms with Gasteiger partial charge in [0.2, 0.25) is 5.91 Å². The number of nitrogens with zero attached hydrogens (tertiary/aromatic N) is 4. The maximum atomic E-state index is 11.8. The Kier molecular flexibility index (Phi) is 4.68. The quantitative estimate of drug-likeness (QED) is 0.611. The van der Waals surface area contributed by atoms with Gasteiger partial charge in [-0.05, 0) is 20.8 Å². The molecular formula is C12H16N4OS. The molecule has 18 heavy (non-hydrogen) atoms. The van der Waals surface area contributed by atoms with E-state index < -0.39 is 0 Å². The molecule has 0 saturated carbocycles. The summed E-state index contributed by atoms with van der Waals surface area (Å²) in [6.07, 6.45) is 0. The Bertz CT molecular complexity index is 508. The fourth-order valence-electron chi connectivity index (χ4n) is 1.48. The molecule has 1 unspecified atom stereocenters. The normalized spacial score (nSPS) is 11.8. The van der Waals surface area contributed by atoms with Crippen LogP contribution in [0.4, 0.5) is 0 Å². The third-order valence-electron chi connectivity index (χ3n) is 2.36. The van der Waals surface area contributed by atoms with Crippen molar-refractivity contribution in [3.8, 4) is 6.07 Å². The van der Waals surface area contributed by atoms with E-state index in [9.17, 15) is 4.79 Å². The van der Waals surface area contributed by atoms with Crippen LogP contribution in [0.3, 0.4) is 0 Å². The van der Waals surface area contributed by atoms with Crippen LogP contribution in [0, 0.1) is 25.2 Å². The highest BCUT2D eigenvalue weighted by molar-refractivity contribution is 8.00. The second-order valence-electron chi connectivity index (χ2n) is 4.14. The predicted molar refractivity (Wildman–Crippen MR) is 70.2 cm³/mol. The molecular weight excluding hydrogens is 248 g/mol. The molecule has 6 heteroatoms. The van der Waals surface area contributed by atoms with E-state index in [1.807, 2.05) is 0 Å². The number of rotatable bonds is 3. The number of carbonyl (C=O) groups is 1. The number of amides is 1. The second kappa shape index (κ2) is 5.83. The maximum Gasteiger partial charge on any atom is 0.235 e. The summed E-state index contributed by atoms with van der Waals surface area (Å²) in [6.45, 7) is 5.35. The minimum absolute atomic E-state index is 0.00203. The largest absolute Gasteiger partial charge is 0.348 e. The number of thioether (sulfide) groups is 1. The lowest BCUT2D eigenvalue weighted by molar-refractivity contribution is -0.127. The summed E-state index contributed by atoms with van der Waals surface area (Å²) >= 11 is 1.29. The molecule has 0 spiro atoms. The molecule has 0 fully saturated rings. The zero-order chi connectivity index (χ0) is 13.9. The first-order chi connectivity index (χ1) is 8.36. The van der Waals surface area contributed by atoms with Gasteiger partial charge < -0.3 is 4.90 Å². The summed E-state index contributed by atoms with van der Waals surface area (Å²) in [6, 6.07) is 2.09. The van der Waals surface area contributed by atoms with E-state index in [0.717, 1.165) is 0 Å². The highest BCUT2D eigenvalue weighted by atomic mass is 32.2. The van der Waals surface area contributed by atoms with Gasteiger partial charge in [-0.2, -0.15) is 5.26 Å². The van der Waals surface area contributed by atoms with Crippen LogP contribution in [0.5, 0.6) is 0 Å². The first-order valence-corrected chi connectivity index (χ1v) is 6.38. The Morgan fingerprint density at radius 3 is 2.50 bits per heavy atom. The minimum Gasteiger partial charge on any atom is -0.348 e. The molecule has 0 aliphatic carbocycles. The van der Waals surface area contributed by atoms with Crippen molar-refractivity contribution < 1.29 is 4.79 Å². The summed E-state index contributed by atoms with van der Waals surface area (Å²) in [4.78, 5) is 21.7. The molecule has 5 nitrogen and oxygen atoms in total. The Morgan fingerprint density at radius 1 is 1.39 bits per heavy atom. The van der Waals surface area contributed by atoms with Crippen molar-refractivity contribution in [1.82, 2.24) is 14.9 Å². The molecule has 0 aromatic carbocycles. The summed E-state index contributed by atoms with van der Waals surface area (Å²) in [7, 11) is 3.42. The SMILES string of the molecule is Cc1nc(C)c(C#N)c(SC(C)C(=O)N(C)C)n1. The molecule has 0 aliphatic heterocycles. The van der Waals surface area contributed by atoms with E-state index in [4.69, 9.17) is 5.26 Å². The molecule has 1 amide bonds. The molecule has 1 aromatic rings. The Balaban J connectivity index is 3.05. The first-order valence-electron chi connectivity index (χ1n) is 5.50. The van der Waals surface area contributed by atoms with Crippen LogP contribution in [-0.4, -0.2) is 40.1 Å². The average Bonchev–Trinajstić information content (AvgIpc) is 2.27. The van der Waals surface area contributed by atoms with Crippen LogP contribution in [0.1, 0.15) is 24.0 Å². The average molecular weight is 264 g/mol. The van der Waals surface area contributed by atoms with E-state index in [1.54, 1.807) is 34.9 Å². The number of carbonyl (C=O) groups excluding carboxylic acids is 1. The van der Waals surface area contributed by atoms with Crippen LogP contribution >= 0.6 is 11.8 Å². The van der Waals surface area contributed by atoms with Crippen molar-refractivity contribution in [3.05, 3.63) is 17.1 Å². The number of aryl methyl sites for hydroxylation is 2. The van der Waals surface area contributed by atoms with Gasteiger partial charge in [0.25, 0.3) is 0 Å². The molecule has 0 saturated heterocycles. The van der Waals surface area contributed by atoms with Crippen LogP contribution in [0.2, 0.25) is 0 Å². The minimum atomic E-state index is -0.277. The van der Waals surface area contributed by atoms with Gasteiger partial charge in [0.15, 0.2) is 0 Å². The van der Waals surface area contributed by atoms with Gasteiger partial charge in [0.05, 0.1) is 10.9 Å². The third-order valence-corrected chi connectivity index (χ3v) is 3.43. The van der Waals surface area contributed by atoms with Crippen molar-refractivity contribution in [2.45, 2.75) is 31.0 Å². The van der Waals surface area contributed by atoms with Gasteiger partial charge >= 0.3 is 0 Å². The Hall–Kier alpha value is -1.61. The highest BCUT2D eigenvalue weighted by Gasteiger charge is 2.20. The van der Waals surface area contributed by atoms with Crippen molar-refractivity contribution in [2.24, 2.45) is 0 Å². The van der Waals surface area contributed by atoms with E-state index >= 15 is 0 Å². The molecule has 0 aliphatic rings. The van der Waals surface area contributed by atoms with Crippen molar-refractivity contribution in [1.29, 1.82) is 5.26 Å². The van der Waals surface area contributed by atoms with E-state index in [-0.39, 0.29) is 11.2 Å². The highest BCUT2D eigenvalue weighted by Crippen LogP contribution is 2.26. The van der Waals surface area contributed by atoms with E-state index in [0.29, 0.717) is 22.1 Å². The molecule has 0 radical (unpaired) electrons. The number of hydrogen-bond acceptors (Lipinski definition) is 5. The molecule has 96 valence electrons. The molecule has 0 N–H and O–H groups in total. The van der Waals surface area contributed by atoms with Crippen molar-refractivity contribution in [3.63, 3.8) is 0 Å². The van der Waals surface area contributed by atoms with Gasteiger partial charge in [-0.1, -0.05) is 11.8 Å². The van der Waals surface area contributed by atoms with Crippen LogP contribution in [0.15, 0.2) is 5.03 Å². The standard InChI is InChI=1S/C12H16N4OS/c1-7-10(6-13)11(15-9(3)14-7)18-8(2)12(17)16(4)5/h8H,1-5H3. The van der Waals surface area contributed by atoms with Gasteiger partial charge in [-0.25, -0.2) is 9.97 Å². The first kappa shape index (κ1) is 14.5. The van der Waals surface area contributed by atoms with Gasteiger partial charge in [-0.3, -0.25) is 4.79 Å². The molecule has 1 aromatic heterocycles. The third kappa shape index (κ3) is 3.20. The van der Waals surface area contributed by atoms with Gasteiger partial charge in [0.1, 0.15) is 22.5 Å². The predicted octanol–water partition coefficient (Wildman–Crippen LogP) is 1.53. The maximum absolute atomic E-state index is 11.8. The Labute approximate surface area is 111 Å². The van der Waals surface area contributed by atoms with Crippen LogP contribution in [0.25, 0.3) is 0 Å². The van der Waals surface area contributed by atoms with Crippen LogP contribution < -0.4 is 0 Å². The lowest BCUT2D eigenvalue weighted by Gasteiger charge is -2.16. The van der Waals surface area contributed by atoms with Crippen molar-refractivity contribution in [2.75, 3.05) is 14.1 Å². The summed E-state index contributed by atoms with van der Waals surface area (Å²) in [5, 5.41) is 9.41. The lowest BCUT2D eigenvalue weighted by atomic mass is 10.3. The zero-order valence-corrected chi connectivity index (χ0v) is 12.0. The van der Waals surface area contributed by atoms with Crippen LogP contribution in [-0.2, 0) is 4.79 Å². The smallest absolute Gasteiger partial charge is 0.235 e. The lowest BCUT2D eigenvalue weighted by Crippen LogP contribution is -2.29. The van der Waals surface area contributed by atoms with E-state index in [1.165, 1.54) is 16.7 Å². The summed E-state index contributed by atoms with van der Waals surface area (Å²) in [5.74, 6) is 0.608. The number of nitriles is 1. The van der Waals surface area contributed by atoms with E-state index in [2.05, 4.69) is 16.0 Å². The molecule has 0 bridgehead atoms. The fourth-order valence-corrected chi connectivity index (χ4v) is 2.62. The van der Waals surface area contributed by atoms with Crippen molar-refractivity contribution >= 4 is 17.7 Å². The Morgan fingerprint density at radius 2 is 2.00 bits per heavy atom. The number of hydrogen-bond donors (Lipinski definition) is 0. The summed E-state index contributed by atoms with van der Waals surface area (Å²) in [5.41, 5.74) is 1.10. The zero-order valence-electron chi connectivity index (χ0n) is 11.2. The monoisotopic (exact) mass is 264 g/mol. The number of aromatic nitrogens is 2. The van der Waals surface area contributed by atoms with Gasteiger partial charge in [-0.15, -0.1) is 0 Å². The summed E-state index contributed by atoms with van der Waals surface area (Å²) < 4.78 is 0. The fraction of sp³-hybridized carbons (Fsp3) is 0.500. The molecule has 1 heterocycles. The second-order valence-corrected chi connectivity index (χ2v) is 5.47. The molecule has 1 rings (SSSR count).